The van der Waals surface area contributed by atoms with Crippen molar-refractivity contribution in [1.29, 1.82) is 0 Å². The van der Waals surface area contributed by atoms with Crippen LogP contribution in [0.2, 0.25) is 10.0 Å². The maximum Gasteiger partial charge on any atom is 0.254 e. The molecule has 3 aromatic rings. The summed E-state index contributed by atoms with van der Waals surface area (Å²) in [6, 6.07) is 16.4. The molecule has 1 aromatic heterocycles. The average molecular weight is 516 g/mol. The van der Waals surface area contributed by atoms with Gasteiger partial charge in [0, 0.05) is 29.2 Å². The van der Waals surface area contributed by atoms with Gasteiger partial charge in [-0.15, -0.1) is 11.3 Å². The van der Waals surface area contributed by atoms with E-state index in [0.717, 1.165) is 16.9 Å². The molecule has 0 bridgehead atoms. The standard InChI is InChI=1S/C27H28Cl2N2O2S/c1-4-13-30(18-11-12-21(28)22(29)15-18)27(33)24-19-8-5-6-9-20(19)26(32)31(16-17(2)3)25(24)23-10-7-14-34-23/h5-12,14-15,17,24-25H,4,13,16H2,1-3H3/t24-,25+/m1/s1. The third kappa shape index (κ3) is 4.74. The van der Waals surface area contributed by atoms with Crippen molar-refractivity contribution in [2.75, 3.05) is 18.0 Å². The highest BCUT2D eigenvalue weighted by Gasteiger charge is 2.46. The Hall–Kier alpha value is -2.34. The highest BCUT2D eigenvalue weighted by atomic mass is 35.5. The zero-order chi connectivity index (χ0) is 24.4. The highest BCUT2D eigenvalue weighted by molar-refractivity contribution is 7.10. The molecule has 4 nitrogen and oxygen atoms in total. The van der Waals surface area contributed by atoms with Crippen molar-refractivity contribution in [3.8, 4) is 0 Å². The zero-order valence-corrected chi connectivity index (χ0v) is 21.8. The zero-order valence-electron chi connectivity index (χ0n) is 19.5. The molecular weight excluding hydrogens is 487 g/mol. The lowest BCUT2D eigenvalue weighted by molar-refractivity contribution is -0.121. The molecule has 0 radical (unpaired) electrons. The van der Waals surface area contributed by atoms with E-state index in [1.54, 1.807) is 28.4 Å². The number of fused-ring (bicyclic) bond motifs is 1. The first-order chi connectivity index (χ1) is 16.3. The lowest BCUT2D eigenvalue weighted by Gasteiger charge is -2.43. The fourth-order valence-electron chi connectivity index (χ4n) is 4.64. The number of halogens is 2. The highest BCUT2D eigenvalue weighted by Crippen LogP contribution is 2.46. The molecule has 0 saturated carbocycles. The number of nitrogens with zero attached hydrogens (tertiary/aromatic N) is 2. The van der Waals surface area contributed by atoms with E-state index in [9.17, 15) is 9.59 Å². The smallest absolute Gasteiger partial charge is 0.254 e. The van der Waals surface area contributed by atoms with E-state index in [1.807, 2.05) is 59.7 Å². The summed E-state index contributed by atoms with van der Waals surface area (Å²) in [5.41, 5.74) is 2.08. The second-order valence-electron chi connectivity index (χ2n) is 8.96. The second kappa shape index (κ2) is 10.5. The predicted octanol–water partition coefficient (Wildman–Crippen LogP) is 7.43. The Morgan fingerprint density at radius 3 is 2.50 bits per heavy atom. The van der Waals surface area contributed by atoms with E-state index < -0.39 is 5.92 Å². The molecule has 0 aliphatic carbocycles. The molecule has 1 aliphatic rings. The van der Waals surface area contributed by atoms with Gasteiger partial charge in [0.1, 0.15) is 0 Å². The van der Waals surface area contributed by atoms with Gasteiger partial charge in [0.2, 0.25) is 5.91 Å². The number of hydrogen-bond donors (Lipinski definition) is 0. The summed E-state index contributed by atoms with van der Waals surface area (Å²) in [4.78, 5) is 32.7. The number of carbonyl (C=O) groups is 2. The van der Waals surface area contributed by atoms with Gasteiger partial charge in [-0.25, -0.2) is 0 Å². The summed E-state index contributed by atoms with van der Waals surface area (Å²) in [6.45, 7) is 7.33. The van der Waals surface area contributed by atoms with Crippen molar-refractivity contribution >= 4 is 52.0 Å². The molecule has 2 amide bonds. The van der Waals surface area contributed by atoms with Crippen molar-refractivity contribution in [3.63, 3.8) is 0 Å². The van der Waals surface area contributed by atoms with Crippen molar-refractivity contribution in [2.24, 2.45) is 5.92 Å². The van der Waals surface area contributed by atoms with Crippen LogP contribution in [-0.4, -0.2) is 29.8 Å². The molecule has 34 heavy (non-hydrogen) atoms. The van der Waals surface area contributed by atoms with Gasteiger partial charge in [-0.2, -0.15) is 0 Å². The van der Waals surface area contributed by atoms with Gasteiger partial charge in [0.05, 0.1) is 22.0 Å². The molecule has 0 spiro atoms. The first kappa shape index (κ1) is 24.8. The van der Waals surface area contributed by atoms with Gasteiger partial charge in [0.25, 0.3) is 5.91 Å². The van der Waals surface area contributed by atoms with Crippen LogP contribution in [0, 0.1) is 5.92 Å². The topological polar surface area (TPSA) is 40.6 Å². The summed E-state index contributed by atoms with van der Waals surface area (Å²) in [5.74, 6) is -0.350. The van der Waals surface area contributed by atoms with E-state index >= 15 is 0 Å². The molecule has 2 atom stereocenters. The minimum atomic E-state index is -0.535. The molecule has 0 saturated heterocycles. The summed E-state index contributed by atoms with van der Waals surface area (Å²) in [5, 5.41) is 2.85. The number of hydrogen-bond acceptors (Lipinski definition) is 3. The predicted molar refractivity (Wildman–Crippen MR) is 141 cm³/mol. The SMILES string of the molecule is CCCN(C(=O)[C@@H]1c2ccccc2C(=O)N(CC(C)C)[C@H]1c1cccs1)c1ccc(Cl)c(Cl)c1. The molecular formula is C27H28Cl2N2O2S. The Bertz CT molecular complexity index is 1180. The van der Waals surface area contributed by atoms with Gasteiger partial charge in [-0.05, 0) is 53.6 Å². The Kier molecular flexibility index (Phi) is 7.66. The number of rotatable bonds is 7. The Morgan fingerprint density at radius 2 is 1.85 bits per heavy atom. The number of carbonyl (C=O) groups excluding carboxylic acids is 2. The fourth-order valence-corrected chi connectivity index (χ4v) is 5.81. The second-order valence-corrected chi connectivity index (χ2v) is 10.8. The van der Waals surface area contributed by atoms with E-state index in [0.29, 0.717) is 34.4 Å². The molecule has 2 aromatic carbocycles. The van der Waals surface area contributed by atoms with Crippen LogP contribution in [0.4, 0.5) is 5.69 Å². The normalized spacial score (nSPS) is 17.7. The van der Waals surface area contributed by atoms with Crippen LogP contribution in [0.3, 0.4) is 0 Å². The monoisotopic (exact) mass is 514 g/mol. The lowest BCUT2D eigenvalue weighted by atomic mass is 9.80. The summed E-state index contributed by atoms with van der Waals surface area (Å²) < 4.78 is 0. The molecule has 0 fully saturated rings. The van der Waals surface area contributed by atoms with Crippen molar-refractivity contribution in [2.45, 2.75) is 39.2 Å². The van der Waals surface area contributed by atoms with Gasteiger partial charge < -0.3 is 9.80 Å². The van der Waals surface area contributed by atoms with Crippen LogP contribution in [0.5, 0.6) is 0 Å². The maximum atomic E-state index is 14.4. The van der Waals surface area contributed by atoms with Crippen molar-refractivity contribution in [1.82, 2.24) is 4.90 Å². The molecule has 1 aliphatic heterocycles. The van der Waals surface area contributed by atoms with Crippen LogP contribution >= 0.6 is 34.5 Å². The van der Waals surface area contributed by atoms with E-state index in [1.165, 1.54) is 0 Å². The third-order valence-corrected chi connectivity index (χ3v) is 7.71. The van der Waals surface area contributed by atoms with E-state index in [2.05, 4.69) is 13.8 Å². The van der Waals surface area contributed by atoms with Crippen molar-refractivity contribution < 1.29 is 9.59 Å². The molecule has 2 heterocycles. The van der Waals surface area contributed by atoms with Crippen molar-refractivity contribution in [3.05, 3.63) is 86.0 Å². The minimum absolute atomic E-state index is 0.0247. The van der Waals surface area contributed by atoms with Gasteiger partial charge in [-0.3, -0.25) is 9.59 Å². The molecule has 178 valence electrons. The third-order valence-electron chi connectivity index (χ3n) is 6.03. The van der Waals surface area contributed by atoms with Gasteiger partial charge >= 0.3 is 0 Å². The summed E-state index contributed by atoms with van der Waals surface area (Å²) in [6.07, 6.45) is 0.776. The molecule has 0 unspecified atom stereocenters. The van der Waals surface area contributed by atoms with Crippen LogP contribution < -0.4 is 4.90 Å². The Balaban J connectivity index is 1.89. The summed E-state index contributed by atoms with van der Waals surface area (Å²) in [7, 11) is 0. The average Bonchev–Trinajstić information content (AvgIpc) is 3.35. The maximum absolute atomic E-state index is 14.4. The number of benzene rings is 2. The fraction of sp³-hybridized carbons (Fsp3) is 0.333. The number of anilines is 1. The van der Waals surface area contributed by atoms with Crippen LogP contribution in [-0.2, 0) is 4.79 Å². The minimum Gasteiger partial charge on any atom is -0.329 e. The van der Waals surface area contributed by atoms with E-state index in [-0.39, 0.29) is 23.8 Å². The number of amides is 2. The van der Waals surface area contributed by atoms with Gasteiger partial charge in [-0.1, -0.05) is 68.2 Å². The van der Waals surface area contributed by atoms with Crippen LogP contribution in [0.1, 0.15) is 60.0 Å². The Morgan fingerprint density at radius 1 is 1.09 bits per heavy atom. The lowest BCUT2D eigenvalue weighted by Crippen LogP contribution is -2.49. The van der Waals surface area contributed by atoms with Gasteiger partial charge in [0.15, 0.2) is 0 Å². The molecule has 0 N–H and O–H groups in total. The first-order valence-corrected chi connectivity index (χ1v) is 13.2. The molecule has 4 rings (SSSR count). The van der Waals surface area contributed by atoms with E-state index in [4.69, 9.17) is 23.2 Å². The largest absolute Gasteiger partial charge is 0.329 e. The van der Waals surface area contributed by atoms with Crippen LogP contribution in [0.25, 0.3) is 0 Å². The van der Waals surface area contributed by atoms with Crippen LogP contribution in [0.15, 0.2) is 60.0 Å². The number of thiophene rings is 1. The summed E-state index contributed by atoms with van der Waals surface area (Å²) >= 11 is 14.1. The first-order valence-electron chi connectivity index (χ1n) is 11.5. The Labute approximate surface area is 215 Å². The quantitative estimate of drug-likeness (QED) is 0.328. The molecule has 7 heteroatoms.